The zero-order valence-corrected chi connectivity index (χ0v) is 16.5. The second-order valence-corrected chi connectivity index (χ2v) is 7.56. The van der Waals surface area contributed by atoms with E-state index in [4.69, 9.17) is 4.42 Å². The van der Waals surface area contributed by atoms with Crippen LogP contribution < -0.4 is 0 Å². The highest BCUT2D eigenvalue weighted by atomic mass is 79.9. The van der Waals surface area contributed by atoms with E-state index in [9.17, 15) is 5.26 Å². The van der Waals surface area contributed by atoms with E-state index in [1.54, 1.807) is 6.08 Å². The molecule has 3 nitrogen and oxygen atoms in total. The largest absolute Gasteiger partial charge is 0.457 e. The van der Waals surface area contributed by atoms with E-state index in [0.29, 0.717) is 16.3 Å². The SMILES string of the molecule is N#C/C(=C\c1ccc(-c2ccc(Br)cc2)o1)c1nc(-c2ccccc2)cs1. The molecule has 0 fully saturated rings. The van der Waals surface area contributed by atoms with Gasteiger partial charge in [0.15, 0.2) is 0 Å². The van der Waals surface area contributed by atoms with Crippen molar-refractivity contribution in [3.63, 3.8) is 0 Å². The van der Waals surface area contributed by atoms with Crippen molar-refractivity contribution in [1.29, 1.82) is 5.26 Å². The maximum absolute atomic E-state index is 9.58. The maximum Gasteiger partial charge on any atom is 0.134 e. The van der Waals surface area contributed by atoms with E-state index in [-0.39, 0.29) is 0 Å². The lowest BCUT2D eigenvalue weighted by Crippen LogP contribution is -1.82. The van der Waals surface area contributed by atoms with Gasteiger partial charge in [0.1, 0.15) is 22.6 Å². The molecule has 2 aromatic carbocycles. The van der Waals surface area contributed by atoms with Crippen LogP contribution in [-0.4, -0.2) is 4.98 Å². The summed E-state index contributed by atoms with van der Waals surface area (Å²) in [6.07, 6.45) is 1.73. The van der Waals surface area contributed by atoms with E-state index in [1.807, 2.05) is 72.1 Å². The lowest BCUT2D eigenvalue weighted by atomic mass is 10.2. The molecule has 4 rings (SSSR count). The summed E-state index contributed by atoms with van der Waals surface area (Å²) >= 11 is 4.88. The number of halogens is 1. The lowest BCUT2D eigenvalue weighted by molar-refractivity contribution is 0.572. The Morgan fingerprint density at radius 1 is 1.00 bits per heavy atom. The number of hydrogen-bond acceptors (Lipinski definition) is 4. The molecule has 0 atom stereocenters. The molecule has 4 aromatic rings. The first-order chi connectivity index (χ1) is 13.2. The number of furan rings is 1. The molecule has 130 valence electrons. The zero-order valence-electron chi connectivity index (χ0n) is 14.1. The maximum atomic E-state index is 9.58. The molecule has 2 heterocycles. The minimum atomic E-state index is 0.485. The van der Waals surface area contributed by atoms with Crippen molar-refractivity contribution in [3.8, 4) is 28.7 Å². The minimum absolute atomic E-state index is 0.485. The summed E-state index contributed by atoms with van der Waals surface area (Å²) in [6, 6.07) is 23.8. The summed E-state index contributed by atoms with van der Waals surface area (Å²) in [6.45, 7) is 0. The highest BCUT2D eigenvalue weighted by Gasteiger charge is 2.11. The Morgan fingerprint density at radius 2 is 1.78 bits per heavy atom. The van der Waals surface area contributed by atoms with Crippen molar-refractivity contribution in [3.05, 3.63) is 87.4 Å². The van der Waals surface area contributed by atoms with Gasteiger partial charge in [-0.3, -0.25) is 0 Å². The molecule has 0 aliphatic heterocycles. The van der Waals surface area contributed by atoms with Crippen LogP contribution in [0.25, 0.3) is 34.2 Å². The van der Waals surface area contributed by atoms with E-state index < -0.39 is 0 Å². The van der Waals surface area contributed by atoms with Gasteiger partial charge in [-0.15, -0.1) is 11.3 Å². The number of nitriles is 1. The smallest absolute Gasteiger partial charge is 0.134 e. The molecule has 27 heavy (non-hydrogen) atoms. The van der Waals surface area contributed by atoms with Crippen LogP contribution in [0, 0.1) is 11.3 Å². The van der Waals surface area contributed by atoms with Gasteiger partial charge in [0.2, 0.25) is 0 Å². The van der Waals surface area contributed by atoms with E-state index in [0.717, 1.165) is 27.1 Å². The predicted molar refractivity (Wildman–Crippen MR) is 113 cm³/mol. The molecule has 0 amide bonds. The average molecular weight is 433 g/mol. The fourth-order valence-electron chi connectivity index (χ4n) is 2.62. The van der Waals surface area contributed by atoms with E-state index in [2.05, 4.69) is 27.0 Å². The summed E-state index contributed by atoms with van der Waals surface area (Å²) in [7, 11) is 0. The Bertz CT molecular complexity index is 1140. The number of aromatic nitrogens is 1. The van der Waals surface area contributed by atoms with Gasteiger partial charge in [0, 0.05) is 27.1 Å². The molecule has 0 spiro atoms. The predicted octanol–water partition coefficient (Wildman–Crippen LogP) is 6.90. The van der Waals surface area contributed by atoms with E-state index in [1.165, 1.54) is 11.3 Å². The molecule has 0 saturated heterocycles. The first-order valence-corrected chi connectivity index (χ1v) is 9.89. The number of nitrogens with zero attached hydrogens (tertiary/aromatic N) is 2. The van der Waals surface area contributed by atoms with Crippen molar-refractivity contribution in [2.24, 2.45) is 0 Å². The number of allylic oxidation sites excluding steroid dienone is 1. The lowest BCUT2D eigenvalue weighted by Gasteiger charge is -1.97. The second-order valence-electron chi connectivity index (χ2n) is 5.78. The van der Waals surface area contributed by atoms with Gasteiger partial charge >= 0.3 is 0 Å². The van der Waals surface area contributed by atoms with Crippen LogP contribution in [0.1, 0.15) is 10.8 Å². The fourth-order valence-corrected chi connectivity index (χ4v) is 3.68. The standard InChI is InChI=1S/C22H13BrN2OS/c23-18-8-6-16(7-9-18)21-11-10-19(26-21)12-17(13-24)22-25-20(14-27-22)15-4-2-1-3-5-15/h1-12,14H/b17-12+. The molecular weight excluding hydrogens is 420 g/mol. The highest BCUT2D eigenvalue weighted by molar-refractivity contribution is 9.10. The number of rotatable bonds is 4. The third kappa shape index (κ3) is 3.92. The van der Waals surface area contributed by atoms with Gasteiger partial charge in [0.05, 0.1) is 11.3 Å². The molecule has 0 aliphatic carbocycles. The van der Waals surface area contributed by atoms with Crippen molar-refractivity contribution in [2.75, 3.05) is 0 Å². The Morgan fingerprint density at radius 3 is 2.52 bits per heavy atom. The van der Waals surface area contributed by atoms with Crippen LogP contribution in [0.15, 0.2) is 81.0 Å². The van der Waals surface area contributed by atoms with Crippen molar-refractivity contribution < 1.29 is 4.42 Å². The molecule has 5 heteroatoms. The summed E-state index contributed by atoms with van der Waals surface area (Å²) in [5, 5.41) is 12.2. The summed E-state index contributed by atoms with van der Waals surface area (Å²) in [5.41, 5.74) is 3.37. The molecule has 0 saturated carbocycles. The normalized spacial score (nSPS) is 11.3. The Kier molecular flexibility index (Phi) is 5.01. The van der Waals surface area contributed by atoms with Gasteiger partial charge in [-0.1, -0.05) is 58.4 Å². The summed E-state index contributed by atoms with van der Waals surface area (Å²) in [4.78, 5) is 4.60. The molecule has 0 radical (unpaired) electrons. The average Bonchev–Trinajstić information content (AvgIpc) is 3.37. The van der Waals surface area contributed by atoms with Gasteiger partial charge in [0.25, 0.3) is 0 Å². The molecule has 0 unspecified atom stereocenters. The topological polar surface area (TPSA) is 49.8 Å². The van der Waals surface area contributed by atoms with Crippen molar-refractivity contribution in [2.45, 2.75) is 0 Å². The molecule has 2 aromatic heterocycles. The Hall–Kier alpha value is -2.94. The van der Waals surface area contributed by atoms with Crippen molar-refractivity contribution in [1.82, 2.24) is 4.98 Å². The summed E-state index contributed by atoms with van der Waals surface area (Å²) < 4.78 is 6.91. The third-order valence-corrected chi connectivity index (χ3v) is 5.37. The number of hydrogen-bond donors (Lipinski definition) is 0. The molecule has 0 bridgehead atoms. The number of benzene rings is 2. The van der Waals surface area contributed by atoms with Crippen molar-refractivity contribution >= 4 is 38.9 Å². The second kappa shape index (κ2) is 7.75. The van der Waals surface area contributed by atoms with Crippen LogP contribution in [0.5, 0.6) is 0 Å². The van der Waals surface area contributed by atoms with Gasteiger partial charge in [-0.05, 0) is 24.3 Å². The monoisotopic (exact) mass is 432 g/mol. The van der Waals surface area contributed by atoms with Gasteiger partial charge < -0.3 is 4.42 Å². The van der Waals surface area contributed by atoms with Crippen LogP contribution in [0.2, 0.25) is 0 Å². The first kappa shape index (κ1) is 17.5. The molecular formula is C22H13BrN2OS. The molecule has 0 N–H and O–H groups in total. The molecule has 0 aliphatic rings. The third-order valence-electron chi connectivity index (χ3n) is 3.97. The quantitative estimate of drug-likeness (QED) is 0.329. The van der Waals surface area contributed by atoms with Gasteiger partial charge in [-0.25, -0.2) is 4.98 Å². The van der Waals surface area contributed by atoms with Crippen LogP contribution >= 0.6 is 27.3 Å². The van der Waals surface area contributed by atoms with Crippen LogP contribution in [0.4, 0.5) is 0 Å². The van der Waals surface area contributed by atoms with Crippen LogP contribution in [-0.2, 0) is 0 Å². The zero-order chi connectivity index (χ0) is 18.6. The fraction of sp³-hybridized carbons (Fsp3) is 0. The Balaban J connectivity index is 1.62. The van der Waals surface area contributed by atoms with Crippen LogP contribution in [0.3, 0.4) is 0 Å². The first-order valence-electron chi connectivity index (χ1n) is 8.22. The van der Waals surface area contributed by atoms with E-state index >= 15 is 0 Å². The summed E-state index contributed by atoms with van der Waals surface area (Å²) in [5.74, 6) is 1.39. The Labute approximate surface area is 169 Å². The minimum Gasteiger partial charge on any atom is -0.457 e. The highest BCUT2D eigenvalue weighted by Crippen LogP contribution is 2.29. The van der Waals surface area contributed by atoms with Gasteiger partial charge in [-0.2, -0.15) is 5.26 Å². The number of thiazole rings is 1.